The van der Waals surface area contributed by atoms with Gasteiger partial charge in [0.05, 0.1) is 55.2 Å². The Morgan fingerprint density at radius 1 is 0.144 bits per heavy atom. The number of benzene rings is 18. The maximum absolute atomic E-state index is 2.37. The molecule has 0 spiro atoms. The molecule has 0 saturated carbocycles. The van der Waals surface area contributed by atoms with Crippen molar-refractivity contribution >= 4 is 109 Å². The van der Waals surface area contributed by atoms with Crippen LogP contribution in [-0.4, -0.2) is 22.8 Å². The van der Waals surface area contributed by atoms with E-state index in [-0.39, 0.29) is 0 Å². The van der Waals surface area contributed by atoms with Gasteiger partial charge in [0, 0.05) is 82.3 Å². The second kappa shape index (κ2) is 32.1. The molecule has 0 saturated heterocycles. The Kier molecular flexibility index (Phi) is 19.9. The minimum atomic E-state index is 1.19. The van der Waals surface area contributed by atoms with Crippen molar-refractivity contribution < 1.29 is 0 Å². The molecule has 0 aliphatic carbocycles. The van der Waals surface area contributed by atoms with Crippen LogP contribution >= 0.6 is 0 Å². The number of rotatable bonds is 8. The summed E-state index contributed by atoms with van der Waals surface area (Å²) in [6.07, 6.45) is 0. The van der Waals surface area contributed by atoms with Crippen LogP contribution in [0, 0.1) is 34.6 Å². The Balaban J connectivity index is 0.0000000984. The van der Waals surface area contributed by atoms with Crippen molar-refractivity contribution in [3.05, 3.63) is 465 Å². The molecule has 0 fully saturated rings. The summed E-state index contributed by atoms with van der Waals surface area (Å²) in [6.45, 7) is 10.7. The lowest BCUT2D eigenvalue weighted by atomic mass is 9.99. The first-order valence-electron chi connectivity index (χ1n) is 40.7. The summed E-state index contributed by atoms with van der Waals surface area (Å²) in [5.74, 6) is 0. The lowest BCUT2D eigenvalue weighted by molar-refractivity contribution is 1.15. The molecule has 5 nitrogen and oxygen atoms in total. The first kappa shape index (κ1) is 73.2. The van der Waals surface area contributed by atoms with Crippen LogP contribution in [0.3, 0.4) is 0 Å². The Morgan fingerprint density at radius 3 is 0.814 bits per heavy atom. The van der Waals surface area contributed by atoms with Crippen LogP contribution < -0.4 is 0 Å². The van der Waals surface area contributed by atoms with E-state index in [1.165, 1.54) is 199 Å². The average molecular weight is 1510 g/mol. The number of aromatic nitrogens is 5. The summed E-state index contributed by atoms with van der Waals surface area (Å²) in [4.78, 5) is 0. The molecule has 0 radical (unpaired) electrons. The van der Waals surface area contributed by atoms with Crippen molar-refractivity contribution in [1.82, 2.24) is 22.8 Å². The fraction of sp³-hybridized carbons (Fsp3) is 0.0442. The summed E-state index contributed by atoms with van der Waals surface area (Å²) in [5.41, 5.74) is 32.6. The molecule has 23 rings (SSSR count). The van der Waals surface area contributed by atoms with Crippen LogP contribution in [0.25, 0.3) is 171 Å². The van der Waals surface area contributed by atoms with E-state index in [2.05, 4.69) is 494 Å². The van der Waals surface area contributed by atoms with E-state index in [1.54, 1.807) is 0 Å². The third-order valence-electron chi connectivity index (χ3n) is 23.0. The molecule has 0 unspecified atom stereocenters. The lowest BCUT2D eigenvalue weighted by Crippen LogP contribution is -1.96. The van der Waals surface area contributed by atoms with Gasteiger partial charge in [0.15, 0.2) is 0 Å². The van der Waals surface area contributed by atoms with Crippen molar-refractivity contribution in [1.29, 1.82) is 0 Å². The van der Waals surface area contributed by atoms with Crippen LogP contribution in [0.5, 0.6) is 0 Å². The molecule has 5 heteroatoms. The van der Waals surface area contributed by atoms with Gasteiger partial charge < -0.3 is 22.8 Å². The molecular formula is C113H87N5. The number of hydrogen-bond donors (Lipinski definition) is 0. The Labute approximate surface area is 688 Å². The van der Waals surface area contributed by atoms with Gasteiger partial charge >= 0.3 is 0 Å². The zero-order chi connectivity index (χ0) is 79.6. The standard InChI is InChI=1S/3C25H19N.2C19H15N/c1-18-8-7-9-19(16-18)20-14-15-23-22-12-5-6-13-24(22)26(25(23)17-20)21-10-3-2-4-11-21;1-18-9-5-6-12-21(18)19-15-16-23-22-13-7-8-14-24(22)26(25(23)17-19)20-10-3-2-4-11-20;1-18-11-13-19(14-12-18)20-15-16-23-22-9-5-6-10-24(22)26(25(23)17-20)21-7-3-2-4-8-21;1-14-8-2-5-11-17(14)20-18-12-6-3-9-15(18)16-10-4-7-13-19(16)20;1-14-7-6-8-15(13-14)20-18-11-4-2-9-16(18)17-10-3-5-12-19(17)20/h3*2-17H,1H3;2*2-13H,1H3. The van der Waals surface area contributed by atoms with Gasteiger partial charge in [-0.15, -0.1) is 0 Å². The van der Waals surface area contributed by atoms with Crippen molar-refractivity contribution in [2.45, 2.75) is 34.6 Å². The number of hydrogen-bond acceptors (Lipinski definition) is 0. The summed E-state index contributed by atoms with van der Waals surface area (Å²) in [5, 5.41) is 13.0. The van der Waals surface area contributed by atoms with E-state index in [9.17, 15) is 0 Å². The molecule has 0 aliphatic heterocycles. The molecule has 0 bridgehead atoms. The highest BCUT2D eigenvalue weighted by Crippen LogP contribution is 2.41. The van der Waals surface area contributed by atoms with E-state index in [1.807, 2.05) is 0 Å². The minimum absolute atomic E-state index is 1.19. The first-order chi connectivity index (χ1) is 58.1. The molecule has 5 aromatic heterocycles. The van der Waals surface area contributed by atoms with Gasteiger partial charge in [-0.25, -0.2) is 0 Å². The summed E-state index contributed by atoms with van der Waals surface area (Å²) < 4.78 is 11.8. The number of para-hydroxylation sites is 11. The smallest absolute Gasteiger partial charge is 0.0547 e. The van der Waals surface area contributed by atoms with E-state index >= 15 is 0 Å². The highest BCUT2D eigenvalue weighted by atomic mass is 15.0. The van der Waals surface area contributed by atoms with Gasteiger partial charge in [-0.1, -0.05) is 333 Å². The molecular weight excluding hydrogens is 1430 g/mol. The molecule has 0 aliphatic rings. The van der Waals surface area contributed by atoms with Crippen LogP contribution in [0.1, 0.15) is 27.8 Å². The Hall–Kier alpha value is -15.0. The van der Waals surface area contributed by atoms with Crippen LogP contribution in [0.4, 0.5) is 0 Å². The number of fused-ring (bicyclic) bond motifs is 15. The molecule has 0 N–H and O–H groups in total. The van der Waals surface area contributed by atoms with E-state index in [0.717, 1.165) is 0 Å². The van der Waals surface area contributed by atoms with Gasteiger partial charge in [-0.2, -0.15) is 0 Å². The van der Waals surface area contributed by atoms with Crippen LogP contribution in [0.15, 0.2) is 437 Å². The van der Waals surface area contributed by atoms with Gasteiger partial charge in [-0.05, 0) is 200 Å². The van der Waals surface area contributed by atoms with Crippen LogP contribution in [-0.2, 0) is 0 Å². The fourth-order valence-electron chi connectivity index (χ4n) is 17.4. The minimum Gasteiger partial charge on any atom is -0.309 e. The average Bonchev–Trinajstić information content (AvgIpc) is 1.63. The van der Waals surface area contributed by atoms with Crippen LogP contribution in [0.2, 0.25) is 0 Å². The second-order valence-electron chi connectivity index (χ2n) is 30.7. The summed E-state index contributed by atoms with van der Waals surface area (Å²) >= 11 is 0. The molecule has 118 heavy (non-hydrogen) atoms. The molecule has 18 aromatic carbocycles. The predicted molar refractivity (Wildman–Crippen MR) is 504 cm³/mol. The lowest BCUT2D eigenvalue weighted by Gasteiger charge is -2.10. The van der Waals surface area contributed by atoms with Gasteiger partial charge in [0.2, 0.25) is 0 Å². The third kappa shape index (κ3) is 13.9. The first-order valence-corrected chi connectivity index (χ1v) is 40.7. The number of aryl methyl sites for hydroxylation is 5. The monoisotopic (exact) mass is 1510 g/mol. The molecule has 5 heterocycles. The normalized spacial score (nSPS) is 11.3. The summed E-state index contributed by atoms with van der Waals surface area (Å²) in [6, 6.07) is 156. The Morgan fingerprint density at radius 2 is 0.424 bits per heavy atom. The van der Waals surface area contributed by atoms with Gasteiger partial charge in [-0.3, -0.25) is 0 Å². The van der Waals surface area contributed by atoms with E-state index in [4.69, 9.17) is 0 Å². The maximum Gasteiger partial charge on any atom is 0.0547 e. The van der Waals surface area contributed by atoms with E-state index in [0.29, 0.717) is 0 Å². The third-order valence-corrected chi connectivity index (χ3v) is 23.0. The quantitative estimate of drug-likeness (QED) is 0.145. The second-order valence-corrected chi connectivity index (χ2v) is 30.7. The molecule has 0 amide bonds. The van der Waals surface area contributed by atoms with Crippen molar-refractivity contribution in [2.24, 2.45) is 0 Å². The van der Waals surface area contributed by atoms with Gasteiger partial charge in [0.25, 0.3) is 0 Å². The molecule has 564 valence electrons. The van der Waals surface area contributed by atoms with E-state index < -0.39 is 0 Å². The SMILES string of the molecule is Cc1ccc(-c2ccc3c4ccccc4n(-c4ccccc4)c3c2)cc1.Cc1cccc(-c2ccc3c4ccccc4n(-c4ccccc4)c3c2)c1.Cc1cccc(-n2c3ccccc3c3ccccc32)c1.Cc1ccccc1-c1ccc2c3ccccc3n(-c3ccccc3)c2c1.Cc1ccccc1-n1c2ccccc2c2ccccc21. The highest BCUT2D eigenvalue weighted by Gasteiger charge is 2.19. The zero-order valence-corrected chi connectivity index (χ0v) is 66.8. The largest absolute Gasteiger partial charge is 0.309 e. The van der Waals surface area contributed by atoms with Crippen molar-refractivity contribution in [3.8, 4) is 61.8 Å². The van der Waals surface area contributed by atoms with Crippen molar-refractivity contribution in [2.75, 3.05) is 0 Å². The van der Waals surface area contributed by atoms with Crippen molar-refractivity contribution in [3.63, 3.8) is 0 Å². The highest BCUT2D eigenvalue weighted by molar-refractivity contribution is 6.14. The molecule has 0 atom stereocenters. The Bertz CT molecular complexity index is 7490. The number of nitrogens with zero attached hydrogens (tertiary/aromatic N) is 5. The van der Waals surface area contributed by atoms with Gasteiger partial charge in [0.1, 0.15) is 0 Å². The maximum atomic E-state index is 2.37. The topological polar surface area (TPSA) is 24.6 Å². The fourth-order valence-corrected chi connectivity index (χ4v) is 17.4. The predicted octanol–water partition coefficient (Wildman–Crippen LogP) is 30.5. The zero-order valence-electron chi connectivity index (χ0n) is 66.8. The molecule has 23 aromatic rings. The summed E-state index contributed by atoms with van der Waals surface area (Å²) in [7, 11) is 0.